The molecule has 1 unspecified atom stereocenters. The van der Waals surface area contributed by atoms with E-state index in [0.717, 1.165) is 23.4 Å². The first-order valence-corrected chi connectivity index (χ1v) is 6.16. The van der Waals surface area contributed by atoms with Gasteiger partial charge in [-0.2, -0.15) is 0 Å². The van der Waals surface area contributed by atoms with Gasteiger partial charge < -0.3 is 5.73 Å². The van der Waals surface area contributed by atoms with Crippen LogP contribution in [0.15, 0.2) is 30.5 Å². The normalized spacial score (nSPS) is 12.5. The fourth-order valence-electron chi connectivity index (χ4n) is 1.78. The second kappa shape index (κ2) is 5.63. The van der Waals surface area contributed by atoms with Gasteiger partial charge in [-0.15, -0.1) is 0 Å². The number of aromatic nitrogens is 1. The van der Waals surface area contributed by atoms with Gasteiger partial charge in [0.2, 0.25) is 0 Å². The number of benzene rings is 1. The lowest BCUT2D eigenvalue weighted by molar-refractivity contribution is 0.559. The molecule has 1 aromatic heterocycles. The topological polar surface area (TPSA) is 38.9 Å². The molecule has 0 amide bonds. The molecule has 0 fully saturated rings. The fraction of sp³-hybridized carbons (Fsp3) is 0.214. The molecule has 100 valence electrons. The number of aryl methyl sites for hydroxylation is 1. The van der Waals surface area contributed by atoms with Crippen LogP contribution in [-0.2, 0) is 6.42 Å². The number of nitrogens with two attached hydrogens (primary N) is 1. The van der Waals surface area contributed by atoms with E-state index < -0.39 is 17.7 Å². The summed E-state index contributed by atoms with van der Waals surface area (Å²) < 4.78 is 27.0. The molecule has 0 saturated carbocycles. The first-order chi connectivity index (χ1) is 8.97. The molecule has 1 atom stereocenters. The lowest BCUT2D eigenvalue weighted by Crippen LogP contribution is -2.16. The van der Waals surface area contributed by atoms with Crippen molar-refractivity contribution in [2.45, 2.75) is 19.4 Å². The van der Waals surface area contributed by atoms with Crippen LogP contribution in [-0.4, -0.2) is 4.98 Å². The minimum atomic E-state index is -0.676. The van der Waals surface area contributed by atoms with Crippen LogP contribution in [0, 0.1) is 18.6 Å². The van der Waals surface area contributed by atoms with Gasteiger partial charge >= 0.3 is 0 Å². The number of hydrogen-bond donors (Lipinski definition) is 1. The Morgan fingerprint density at radius 3 is 2.63 bits per heavy atom. The quantitative estimate of drug-likeness (QED) is 0.874. The van der Waals surface area contributed by atoms with Crippen molar-refractivity contribution in [3.05, 3.63) is 63.9 Å². The monoisotopic (exact) mass is 282 g/mol. The van der Waals surface area contributed by atoms with Gasteiger partial charge in [-0.05, 0) is 30.7 Å². The molecule has 1 aromatic carbocycles. The first-order valence-electron chi connectivity index (χ1n) is 5.79. The molecule has 0 aliphatic heterocycles. The lowest BCUT2D eigenvalue weighted by Gasteiger charge is -2.13. The zero-order valence-electron chi connectivity index (χ0n) is 10.3. The van der Waals surface area contributed by atoms with E-state index in [1.165, 1.54) is 0 Å². The average Bonchev–Trinajstić information content (AvgIpc) is 2.36. The summed E-state index contributed by atoms with van der Waals surface area (Å²) in [5, 5.41) is -0.248. The van der Waals surface area contributed by atoms with Crippen molar-refractivity contribution in [2.24, 2.45) is 5.73 Å². The van der Waals surface area contributed by atoms with Crippen LogP contribution in [0.5, 0.6) is 0 Å². The van der Waals surface area contributed by atoms with Gasteiger partial charge in [0.25, 0.3) is 0 Å². The molecule has 0 spiro atoms. The molecule has 5 heteroatoms. The van der Waals surface area contributed by atoms with Gasteiger partial charge in [0.1, 0.15) is 11.6 Å². The number of nitrogens with zero attached hydrogens (tertiary/aromatic N) is 1. The van der Waals surface area contributed by atoms with Gasteiger partial charge in [-0.3, -0.25) is 4.98 Å². The van der Waals surface area contributed by atoms with Crippen LogP contribution in [0.1, 0.15) is 22.9 Å². The Labute approximate surface area is 115 Å². The molecule has 2 N–H and O–H groups in total. The van der Waals surface area contributed by atoms with E-state index in [1.807, 2.05) is 19.1 Å². The zero-order valence-corrected chi connectivity index (χ0v) is 11.1. The van der Waals surface area contributed by atoms with E-state index in [-0.39, 0.29) is 10.6 Å². The van der Waals surface area contributed by atoms with Gasteiger partial charge in [-0.25, -0.2) is 8.78 Å². The predicted molar refractivity (Wildman–Crippen MR) is 71.0 cm³/mol. The van der Waals surface area contributed by atoms with Crippen LogP contribution in [0.25, 0.3) is 0 Å². The summed E-state index contributed by atoms with van der Waals surface area (Å²) in [6.45, 7) is 1.92. The van der Waals surface area contributed by atoms with Crippen molar-refractivity contribution in [2.75, 3.05) is 0 Å². The molecule has 2 aromatic rings. The van der Waals surface area contributed by atoms with Crippen molar-refractivity contribution in [1.82, 2.24) is 4.98 Å². The summed E-state index contributed by atoms with van der Waals surface area (Å²) in [5.74, 6) is -1.28. The second-order valence-electron chi connectivity index (χ2n) is 4.43. The van der Waals surface area contributed by atoms with Crippen LogP contribution >= 0.6 is 11.6 Å². The molecule has 0 aliphatic rings. The fourth-order valence-corrected chi connectivity index (χ4v) is 1.93. The average molecular weight is 283 g/mol. The van der Waals surface area contributed by atoms with E-state index in [1.54, 1.807) is 6.20 Å². The van der Waals surface area contributed by atoms with Crippen LogP contribution in [0.2, 0.25) is 5.02 Å². The smallest absolute Gasteiger partial charge is 0.142 e. The highest BCUT2D eigenvalue weighted by molar-refractivity contribution is 6.30. The largest absolute Gasteiger partial charge is 0.324 e. The minimum absolute atomic E-state index is 0.101. The van der Waals surface area contributed by atoms with E-state index in [0.29, 0.717) is 6.42 Å². The van der Waals surface area contributed by atoms with Crippen LogP contribution in [0.4, 0.5) is 8.78 Å². The highest BCUT2D eigenvalue weighted by atomic mass is 35.5. The maximum atomic E-state index is 13.7. The maximum absolute atomic E-state index is 13.7. The summed E-state index contributed by atoms with van der Waals surface area (Å²) in [6.07, 6.45) is 2.04. The molecule has 0 saturated heterocycles. The number of rotatable bonds is 3. The molecule has 1 heterocycles. The Kier molecular flexibility index (Phi) is 4.12. The van der Waals surface area contributed by atoms with Crippen molar-refractivity contribution in [3.63, 3.8) is 0 Å². The summed E-state index contributed by atoms with van der Waals surface area (Å²) >= 11 is 5.50. The molecule has 0 radical (unpaired) electrons. The third kappa shape index (κ3) is 3.28. The molecule has 2 nitrogen and oxygen atoms in total. The van der Waals surface area contributed by atoms with Crippen LogP contribution in [0.3, 0.4) is 0 Å². The highest BCUT2D eigenvalue weighted by Crippen LogP contribution is 2.24. The molecule has 0 bridgehead atoms. The Bertz CT molecular complexity index is 585. The summed E-state index contributed by atoms with van der Waals surface area (Å²) in [6, 6.07) is 5.03. The Morgan fingerprint density at radius 1 is 1.26 bits per heavy atom. The highest BCUT2D eigenvalue weighted by Gasteiger charge is 2.16. The van der Waals surface area contributed by atoms with E-state index in [9.17, 15) is 8.78 Å². The Balaban J connectivity index is 2.22. The molecule has 2 rings (SSSR count). The Morgan fingerprint density at radius 2 is 2.00 bits per heavy atom. The van der Waals surface area contributed by atoms with Crippen molar-refractivity contribution >= 4 is 11.6 Å². The molecular formula is C14H13ClF2N2. The number of hydrogen-bond acceptors (Lipinski definition) is 2. The Hall–Kier alpha value is -1.52. The van der Waals surface area contributed by atoms with Gasteiger partial charge in [0.05, 0.1) is 5.02 Å². The molecule has 19 heavy (non-hydrogen) atoms. The second-order valence-corrected chi connectivity index (χ2v) is 4.83. The summed E-state index contributed by atoms with van der Waals surface area (Å²) in [5.41, 5.74) is 7.75. The lowest BCUT2D eigenvalue weighted by atomic mass is 10.0. The molecule has 0 aliphatic carbocycles. The van der Waals surface area contributed by atoms with Crippen molar-refractivity contribution in [3.8, 4) is 0 Å². The van der Waals surface area contributed by atoms with Crippen LogP contribution < -0.4 is 5.73 Å². The van der Waals surface area contributed by atoms with Crippen molar-refractivity contribution in [1.29, 1.82) is 0 Å². The number of halogens is 3. The predicted octanol–water partition coefficient (Wildman–Crippen LogP) is 3.56. The van der Waals surface area contributed by atoms with Gasteiger partial charge in [0, 0.05) is 29.9 Å². The van der Waals surface area contributed by atoms with Crippen molar-refractivity contribution < 1.29 is 8.78 Å². The minimum Gasteiger partial charge on any atom is -0.324 e. The van der Waals surface area contributed by atoms with Gasteiger partial charge in [0.15, 0.2) is 0 Å². The van der Waals surface area contributed by atoms with E-state index in [2.05, 4.69) is 4.98 Å². The van der Waals surface area contributed by atoms with E-state index in [4.69, 9.17) is 17.3 Å². The molecular weight excluding hydrogens is 270 g/mol. The third-order valence-electron chi connectivity index (χ3n) is 2.84. The summed E-state index contributed by atoms with van der Waals surface area (Å²) in [4.78, 5) is 4.19. The maximum Gasteiger partial charge on any atom is 0.142 e. The third-order valence-corrected chi connectivity index (χ3v) is 3.13. The zero-order chi connectivity index (χ0) is 14.0. The summed E-state index contributed by atoms with van der Waals surface area (Å²) in [7, 11) is 0. The van der Waals surface area contributed by atoms with E-state index >= 15 is 0 Å². The standard InChI is InChI=1S/C14H13ClF2N2/c1-8-2-3-9(19-7-8)4-14(18)10-5-13(17)11(15)6-12(10)16/h2-3,5-7,14H,4,18H2,1H3. The first kappa shape index (κ1) is 13.9. The SMILES string of the molecule is Cc1ccc(CC(N)c2cc(F)c(Cl)cc2F)nc1. The number of pyridine rings is 1. The van der Waals surface area contributed by atoms with Gasteiger partial charge in [-0.1, -0.05) is 17.7 Å².